The molecule has 0 aromatic heterocycles. The molecule has 0 atom stereocenters. The summed E-state index contributed by atoms with van der Waals surface area (Å²) in [6, 6.07) is 7.77. The van der Waals surface area contributed by atoms with Crippen LogP contribution in [0.15, 0.2) is 29.3 Å². The molecule has 1 aromatic rings. The number of guanidine groups is 1. The van der Waals surface area contributed by atoms with Crippen LogP contribution in [0, 0.1) is 5.41 Å². The molecule has 1 aromatic carbocycles. The van der Waals surface area contributed by atoms with Crippen molar-refractivity contribution in [1.29, 1.82) is 0 Å². The molecule has 0 unspecified atom stereocenters. The fraction of sp³-hybridized carbons (Fsp3) is 0.600. The van der Waals surface area contributed by atoms with E-state index in [2.05, 4.69) is 36.3 Å². The molecule has 2 rings (SSSR count). The van der Waals surface area contributed by atoms with Gasteiger partial charge in [0.05, 0.1) is 6.54 Å². The maximum atomic E-state index is 11.5. The number of hydrogen-bond donors (Lipinski definition) is 2. The van der Waals surface area contributed by atoms with Crippen LogP contribution >= 0.6 is 24.0 Å². The van der Waals surface area contributed by atoms with Gasteiger partial charge in [0, 0.05) is 26.2 Å². The standard InChI is InChI=1S/C20H32N4O2.HI/c1-5-21-18(25)14-26-17-9-7-8-16(12-17)13-23-19(22-6-2)24-11-10-20(3,4)15-24;/h7-9,12H,5-6,10-11,13-15H2,1-4H3,(H,21,25)(H,22,23);1H. The van der Waals surface area contributed by atoms with Gasteiger partial charge in [-0.2, -0.15) is 0 Å². The third-order valence-electron chi connectivity index (χ3n) is 4.37. The Hall–Kier alpha value is -1.51. The van der Waals surface area contributed by atoms with Crippen molar-refractivity contribution in [2.45, 2.75) is 40.7 Å². The van der Waals surface area contributed by atoms with Crippen LogP contribution in [0.1, 0.15) is 39.7 Å². The Morgan fingerprint density at radius 3 is 2.63 bits per heavy atom. The first kappa shape index (κ1) is 23.5. The number of benzene rings is 1. The summed E-state index contributed by atoms with van der Waals surface area (Å²) in [5.41, 5.74) is 1.40. The van der Waals surface area contributed by atoms with Crippen LogP contribution in [0.2, 0.25) is 0 Å². The van der Waals surface area contributed by atoms with Crippen molar-refractivity contribution in [3.63, 3.8) is 0 Å². The first-order valence-corrected chi connectivity index (χ1v) is 9.45. The van der Waals surface area contributed by atoms with E-state index in [0.29, 0.717) is 24.3 Å². The van der Waals surface area contributed by atoms with Crippen molar-refractivity contribution < 1.29 is 9.53 Å². The summed E-state index contributed by atoms with van der Waals surface area (Å²) >= 11 is 0. The van der Waals surface area contributed by atoms with Crippen molar-refractivity contribution >= 4 is 35.8 Å². The van der Waals surface area contributed by atoms with E-state index in [1.54, 1.807) is 0 Å². The molecule has 1 amide bonds. The predicted octanol–water partition coefficient (Wildman–Crippen LogP) is 3.02. The molecule has 152 valence electrons. The van der Waals surface area contributed by atoms with Crippen LogP contribution in [0.3, 0.4) is 0 Å². The van der Waals surface area contributed by atoms with Gasteiger partial charge in [-0.15, -0.1) is 24.0 Å². The van der Waals surface area contributed by atoms with E-state index in [1.807, 2.05) is 31.2 Å². The number of amides is 1. The summed E-state index contributed by atoms with van der Waals surface area (Å²) in [7, 11) is 0. The summed E-state index contributed by atoms with van der Waals surface area (Å²) in [6.07, 6.45) is 1.18. The fourth-order valence-corrected chi connectivity index (χ4v) is 3.02. The number of nitrogens with zero attached hydrogens (tertiary/aromatic N) is 2. The third-order valence-corrected chi connectivity index (χ3v) is 4.37. The summed E-state index contributed by atoms with van der Waals surface area (Å²) in [4.78, 5) is 18.6. The minimum atomic E-state index is -0.109. The first-order valence-electron chi connectivity index (χ1n) is 9.45. The van der Waals surface area contributed by atoms with E-state index in [9.17, 15) is 4.79 Å². The van der Waals surface area contributed by atoms with Crippen molar-refractivity contribution in [2.75, 3.05) is 32.8 Å². The van der Waals surface area contributed by atoms with Gasteiger partial charge in [-0.3, -0.25) is 4.79 Å². The molecule has 1 fully saturated rings. The zero-order valence-electron chi connectivity index (χ0n) is 16.9. The van der Waals surface area contributed by atoms with E-state index >= 15 is 0 Å². The molecule has 0 bridgehead atoms. The predicted molar refractivity (Wildman–Crippen MR) is 121 cm³/mol. The minimum Gasteiger partial charge on any atom is -0.484 e. The van der Waals surface area contributed by atoms with Gasteiger partial charge >= 0.3 is 0 Å². The smallest absolute Gasteiger partial charge is 0.257 e. The van der Waals surface area contributed by atoms with Gasteiger partial charge in [0.25, 0.3) is 5.91 Å². The molecule has 2 N–H and O–H groups in total. The highest BCUT2D eigenvalue weighted by molar-refractivity contribution is 14.0. The maximum absolute atomic E-state index is 11.5. The lowest BCUT2D eigenvalue weighted by Crippen LogP contribution is -2.40. The number of likely N-dealkylation sites (N-methyl/N-ethyl adjacent to an activating group) is 1. The number of carbonyl (C=O) groups excluding carboxylic acids is 1. The van der Waals surface area contributed by atoms with Crippen LogP contribution in [-0.2, 0) is 11.3 Å². The molecule has 27 heavy (non-hydrogen) atoms. The average molecular weight is 488 g/mol. The number of ether oxygens (including phenoxy) is 1. The van der Waals surface area contributed by atoms with Gasteiger partial charge < -0.3 is 20.3 Å². The molecular formula is C20H33IN4O2. The maximum Gasteiger partial charge on any atom is 0.257 e. The highest BCUT2D eigenvalue weighted by atomic mass is 127. The Bertz CT molecular complexity index is 634. The molecule has 0 spiro atoms. The van der Waals surface area contributed by atoms with Gasteiger partial charge in [-0.05, 0) is 43.4 Å². The number of likely N-dealkylation sites (tertiary alicyclic amines) is 1. The largest absolute Gasteiger partial charge is 0.484 e. The number of nitrogens with one attached hydrogen (secondary N) is 2. The first-order chi connectivity index (χ1) is 12.4. The molecule has 7 heteroatoms. The van der Waals surface area contributed by atoms with E-state index < -0.39 is 0 Å². The molecule has 6 nitrogen and oxygen atoms in total. The zero-order valence-corrected chi connectivity index (χ0v) is 19.2. The normalized spacial score (nSPS) is 15.9. The molecular weight excluding hydrogens is 455 g/mol. The van der Waals surface area contributed by atoms with Crippen LogP contribution in [0.4, 0.5) is 0 Å². The lowest BCUT2D eigenvalue weighted by molar-refractivity contribution is -0.122. The second kappa shape index (κ2) is 11.4. The Morgan fingerprint density at radius 1 is 1.26 bits per heavy atom. The SMILES string of the molecule is CCNC(=O)COc1cccc(CN=C(NCC)N2CCC(C)(C)C2)c1.I. The van der Waals surface area contributed by atoms with Gasteiger partial charge in [-0.1, -0.05) is 26.0 Å². The van der Waals surface area contributed by atoms with Gasteiger partial charge in [0.1, 0.15) is 5.75 Å². The summed E-state index contributed by atoms with van der Waals surface area (Å²) in [5, 5.41) is 6.12. The monoisotopic (exact) mass is 488 g/mol. The molecule has 1 aliphatic rings. The zero-order chi connectivity index (χ0) is 19.0. The van der Waals surface area contributed by atoms with E-state index in [-0.39, 0.29) is 36.5 Å². The Kier molecular flexibility index (Phi) is 9.90. The van der Waals surface area contributed by atoms with Crippen LogP contribution in [-0.4, -0.2) is 49.6 Å². The number of carbonyl (C=O) groups is 1. The van der Waals surface area contributed by atoms with E-state index in [4.69, 9.17) is 9.73 Å². The second-order valence-electron chi connectivity index (χ2n) is 7.40. The molecule has 0 aliphatic carbocycles. The van der Waals surface area contributed by atoms with Gasteiger partial charge in [0.2, 0.25) is 0 Å². The topological polar surface area (TPSA) is 66.0 Å². The van der Waals surface area contributed by atoms with Crippen molar-refractivity contribution in [1.82, 2.24) is 15.5 Å². The molecule has 1 aliphatic heterocycles. The molecule has 0 saturated carbocycles. The number of hydrogen-bond acceptors (Lipinski definition) is 3. The van der Waals surface area contributed by atoms with Crippen molar-refractivity contribution in [2.24, 2.45) is 10.4 Å². The van der Waals surface area contributed by atoms with Gasteiger partial charge in [-0.25, -0.2) is 4.99 Å². The highest BCUT2D eigenvalue weighted by Crippen LogP contribution is 2.28. The second-order valence-corrected chi connectivity index (χ2v) is 7.40. The Balaban J connectivity index is 0.00000364. The Labute approximate surface area is 180 Å². The fourth-order valence-electron chi connectivity index (χ4n) is 3.02. The summed E-state index contributed by atoms with van der Waals surface area (Å²) in [6.45, 7) is 12.7. The summed E-state index contributed by atoms with van der Waals surface area (Å²) in [5.74, 6) is 1.55. The quantitative estimate of drug-likeness (QED) is 0.352. The summed E-state index contributed by atoms with van der Waals surface area (Å²) < 4.78 is 5.56. The van der Waals surface area contributed by atoms with Crippen molar-refractivity contribution in [3.8, 4) is 5.75 Å². The lowest BCUT2D eigenvalue weighted by atomic mass is 9.93. The van der Waals surface area contributed by atoms with Crippen LogP contribution < -0.4 is 15.4 Å². The van der Waals surface area contributed by atoms with Gasteiger partial charge in [0.15, 0.2) is 12.6 Å². The average Bonchev–Trinajstić information content (AvgIpc) is 2.97. The minimum absolute atomic E-state index is 0. The molecule has 0 radical (unpaired) electrons. The Morgan fingerprint density at radius 2 is 2.00 bits per heavy atom. The van der Waals surface area contributed by atoms with E-state index in [0.717, 1.165) is 31.2 Å². The van der Waals surface area contributed by atoms with E-state index in [1.165, 1.54) is 6.42 Å². The van der Waals surface area contributed by atoms with Crippen LogP contribution in [0.5, 0.6) is 5.75 Å². The lowest BCUT2D eigenvalue weighted by Gasteiger charge is -2.23. The number of halogens is 1. The van der Waals surface area contributed by atoms with Crippen molar-refractivity contribution in [3.05, 3.63) is 29.8 Å². The molecule has 1 saturated heterocycles. The number of rotatable bonds is 7. The third kappa shape index (κ3) is 7.94. The molecule has 1 heterocycles. The van der Waals surface area contributed by atoms with Crippen LogP contribution in [0.25, 0.3) is 0 Å². The number of aliphatic imine (C=N–C) groups is 1. The highest BCUT2D eigenvalue weighted by Gasteiger charge is 2.30.